The predicted molar refractivity (Wildman–Crippen MR) is 79.5 cm³/mol. The fourth-order valence-corrected chi connectivity index (χ4v) is 2.66. The van der Waals surface area contributed by atoms with Crippen molar-refractivity contribution in [3.05, 3.63) is 35.0 Å². The van der Waals surface area contributed by atoms with E-state index in [4.69, 9.17) is 5.11 Å². The summed E-state index contributed by atoms with van der Waals surface area (Å²) in [4.78, 5) is 28.3. The molecule has 1 aliphatic carbocycles. The van der Waals surface area contributed by atoms with Gasteiger partial charge in [-0.1, -0.05) is 0 Å². The third-order valence-corrected chi connectivity index (χ3v) is 4.11. The van der Waals surface area contributed by atoms with Crippen molar-refractivity contribution in [2.24, 2.45) is 0 Å². The van der Waals surface area contributed by atoms with Gasteiger partial charge in [0.15, 0.2) is 0 Å². The zero-order chi connectivity index (χ0) is 15.1. The largest absolute Gasteiger partial charge is 0.480 e. The number of hydrogen-bond donors (Lipinski definition) is 2. The minimum absolute atomic E-state index is 0.0818. The van der Waals surface area contributed by atoms with E-state index in [0.29, 0.717) is 5.56 Å². The molecular formula is C16H18N2O3. The van der Waals surface area contributed by atoms with Crippen molar-refractivity contribution in [1.82, 2.24) is 9.88 Å². The number of H-pyrrole nitrogens is 1. The highest BCUT2D eigenvalue weighted by molar-refractivity contribution is 6.00. The maximum atomic E-state index is 12.6. The Hall–Kier alpha value is -2.30. The Labute approximate surface area is 122 Å². The van der Waals surface area contributed by atoms with Crippen LogP contribution >= 0.6 is 0 Å². The van der Waals surface area contributed by atoms with Crippen LogP contribution in [-0.2, 0) is 4.79 Å². The van der Waals surface area contributed by atoms with Gasteiger partial charge < -0.3 is 15.0 Å². The first-order chi connectivity index (χ1) is 9.97. The van der Waals surface area contributed by atoms with Gasteiger partial charge in [-0.3, -0.25) is 9.59 Å². The van der Waals surface area contributed by atoms with E-state index in [0.717, 1.165) is 35.0 Å². The second-order valence-corrected chi connectivity index (χ2v) is 5.69. The number of fused-ring (bicyclic) bond motifs is 1. The minimum atomic E-state index is -0.968. The molecule has 21 heavy (non-hydrogen) atoms. The standard InChI is InChI=1S/C16H18N2O3/c1-9-10(2)17-14-6-3-11(7-13(9)14)16(21)18(8-15(19)20)12-4-5-12/h3,6-7,12,17H,4-5,8H2,1-2H3,(H,19,20). The van der Waals surface area contributed by atoms with Crippen molar-refractivity contribution in [2.75, 3.05) is 6.54 Å². The molecule has 1 heterocycles. The van der Waals surface area contributed by atoms with Crippen molar-refractivity contribution in [3.8, 4) is 0 Å². The SMILES string of the molecule is Cc1[nH]c2ccc(C(=O)N(CC(=O)O)C3CC3)cc2c1C. The number of rotatable bonds is 4. The Kier molecular flexibility index (Phi) is 3.20. The van der Waals surface area contributed by atoms with Crippen LogP contribution in [0.2, 0.25) is 0 Å². The van der Waals surface area contributed by atoms with Crippen molar-refractivity contribution in [2.45, 2.75) is 32.7 Å². The van der Waals surface area contributed by atoms with Crippen molar-refractivity contribution < 1.29 is 14.7 Å². The van der Waals surface area contributed by atoms with Crippen LogP contribution in [0.4, 0.5) is 0 Å². The van der Waals surface area contributed by atoms with Crippen LogP contribution in [0.15, 0.2) is 18.2 Å². The summed E-state index contributed by atoms with van der Waals surface area (Å²) < 4.78 is 0. The lowest BCUT2D eigenvalue weighted by atomic mass is 10.1. The molecule has 0 saturated heterocycles. The van der Waals surface area contributed by atoms with E-state index >= 15 is 0 Å². The molecule has 0 bridgehead atoms. The molecule has 0 atom stereocenters. The number of nitrogens with zero attached hydrogens (tertiary/aromatic N) is 1. The van der Waals surface area contributed by atoms with Gasteiger partial charge in [0.25, 0.3) is 5.91 Å². The molecule has 0 radical (unpaired) electrons. The fraction of sp³-hybridized carbons (Fsp3) is 0.375. The summed E-state index contributed by atoms with van der Waals surface area (Å²) in [6, 6.07) is 5.58. The van der Waals surface area contributed by atoms with Crippen molar-refractivity contribution >= 4 is 22.8 Å². The van der Waals surface area contributed by atoms with Crippen LogP contribution in [0.25, 0.3) is 10.9 Å². The summed E-state index contributed by atoms with van der Waals surface area (Å²) in [5.74, 6) is -1.16. The number of aromatic amines is 1. The van der Waals surface area contributed by atoms with Gasteiger partial charge in [0, 0.05) is 28.2 Å². The Morgan fingerprint density at radius 1 is 1.33 bits per heavy atom. The third-order valence-electron chi connectivity index (χ3n) is 4.11. The number of carboxylic acids is 1. The molecule has 1 aromatic carbocycles. The number of aromatic nitrogens is 1. The molecule has 5 heteroatoms. The highest BCUT2D eigenvalue weighted by Gasteiger charge is 2.34. The van der Waals surface area contributed by atoms with Crippen LogP contribution in [-0.4, -0.2) is 39.5 Å². The van der Waals surface area contributed by atoms with Gasteiger partial charge in [0.2, 0.25) is 0 Å². The summed E-state index contributed by atoms with van der Waals surface area (Å²) in [7, 11) is 0. The molecule has 1 fully saturated rings. The highest BCUT2D eigenvalue weighted by Crippen LogP contribution is 2.29. The maximum absolute atomic E-state index is 12.6. The summed E-state index contributed by atoms with van der Waals surface area (Å²) in [5, 5.41) is 9.99. The Morgan fingerprint density at radius 2 is 2.05 bits per heavy atom. The number of benzene rings is 1. The molecule has 1 saturated carbocycles. The second kappa shape index (κ2) is 4.91. The lowest BCUT2D eigenvalue weighted by molar-refractivity contribution is -0.137. The zero-order valence-corrected chi connectivity index (χ0v) is 12.1. The molecular weight excluding hydrogens is 268 g/mol. The molecule has 0 spiro atoms. The zero-order valence-electron chi connectivity index (χ0n) is 12.1. The number of nitrogens with one attached hydrogen (secondary N) is 1. The van der Waals surface area contributed by atoms with E-state index in [1.165, 1.54) is 4.90 Å². The number of carbonyl (C=O) groups is 2. The number of amides is 1. The topological polar surface area (TPSA) is 73.4 Å². The smallest absolute Gasteiger partial charge is 0.323 e. The van der Waals surface area contributed by atoms with E-state index < -0.39 is 5.97 Å². The molecule has 110 valence electrons. The number of carboxylic acid groups (broad SMARTS) is 1. The predicted octanol–water partition coefficient (Wildman–Crippen LogP) is 2.47. The lowest BCUT2D eigenvalue weighted by Gasteiger charge is -2.20. The lowest BCUT2D eigenvalue weighted by Crippen LogP contribution is -2.37. The number of aliphatic carboxylic acids is 1. The summed E-state index contributed by atoms with van der Waals surface area (Å²) in [6.07, 6.45) is 1.78. The molecule has 1 aliphatic rings. The first kappa shape index (κ1) is 13.7. The quantitative estimate of drug-likeness (QED) is 0.906. The van der Waals surface area contributed by atoms with Gasteiger partial charge in [0.05, 0.1) is 0 Å². The van der Waals surface area contributed by atoms with E-state index in [1.807, 2.05) is 26.0 Å². The van der Waals surface area contributed by atoms with Gasteiger partial charge in [-0.15, -0.1) is 0 Å². The molecule has 0 unspecified atom stereocenters. The van der Waals surface area contributed by atoms with Crippen molar-refractivity contribution in [3.63, 3.8) is 0 Å². The van der Waals surface area contributed by atoms with Crippen LogP contribution < -0.4 is 0 Å². The van der Waals surface area contributed by atoms with Crippen LogP contribution in [0.5, 0.6) is 0 Å². The Bertz CT molecular complexity index is 728. The number of aryl methyl sites for hydroxylation is 2. The summed E-state index contributed by atoms with van der Waals surface area (Å²) >= 11 is 0. The van der Waals surface area contributed by atoms with E-state index in [1.54, 1.807) is 6.07 Å². The second-order valence-electron chi connectivity index (χ2n) is 5.69. The normalized spacial score (nSPS) is 14.4. The summed E-state index contributed by atoms with van der Waals surface area (Å²) in [6.45, 7) is 3.78. The van der Waals surface area contributed by atoms with Gasteiger partial charge in [-0.05, 0) is 50.5 Å². The first-order valence-corrected chi connectivity index (χ1v) is 7.09. The van der Waals surface area contributed by atoms with Gasteiger partial charge in [0.1, 0.15) is 6.54 Å². The Balaban J connectivity index is 1.96. The minimum Gasteiger partial charge on any atom is -0.480 e. The first-order valence-electron chi connectivity index (χ1n) is 7.09. The fourth-order valence-electron chi connectivity index (χ4n) is 2.66. The van der Waals surface area contributed by atoms with Crippen LogP contribution in [0.1, 0.15) is 34.5 Å². The molecule has 1 amide bonds. The molecule has 2 N–H and O–H groups in total. The molecule has 2 aromatic rings. The van der Waals surface area contributed by atoms with E-state index in [-0.39, 0.29) is 18.5 Å². The van der Waals surface area contributed by atoms with Crippen LogP contribution in [0.3, 0.4) is 0 Å². The van der Waals surface area contributed by atoms with Gasteiger partial charge in [-0.25, -0.2) is 0 Å². The van der Waals surface area contributed by atoms with Gasteiger partial charge in [-0.2, -0.15) is 0 Å². The average Bonchev–Trinajstić information content (AvgIpc) is 3.24. The third kappa shape index (κ3) is 2.51. The Morgan fingerprint density at radius 3 is 2.67 bits per heavy atom. The summed E-state index contributed by atoms with van der Waals surface area (Å²) in [5.41, 5.74) is 3.76. The molecule has 0 aliphatic heterocycles. The molecule has 1 aromatic heterocycles. The highest BCUT2D eigenvalue weighted by atomic mass is 16.4. The number of carbonyl (C=O) groups excluding carboxylic acids is 1. The average molecular weight is 286 g/mol. The maximum Gasteiger partial charge on any atom is 0.323 e. The van der Waals surface area contributed by atoms with E-state index in [9.17, 15) is 9.59 Å². The molecule has 5 nitrogen and oxygen atoms in total. The van der Waals surface area contributed by atoms with Crippen molar-refractivity contribution in [1.29, 1.82) is 0 Å². The number of hydrogen-bond acceptors (Lipinski definition) is 2. The van der Waals surface area contributed by atoms with Gasteiger partial charge >= 0.3 is 5.97 Å². The molecule has 3 rings (SSSR count). The van der Waals surface area contributed by atoms with E-state index in [2.05, 4.69) is 4.98 Å². The monoisotopic (exact) mass is 286 g/mol. The van der Waals surface area contributed by atoms with Crippen LogP contribution in [0, 0.1) is 13.8 Å².